The lowest BCUT2D eigenvalue weighted by Crippen LogP contribution is -2.34. The monoisotopic (exact) mass is 621 g/mol. The summed E-state index contributed by atoms with van der Waals surface area (Å²) in [5.74, 6) is -3.76. The summed E-state index contributed by atoms with van der Waals surface area (Å²) in [6.45, 7) is 4.09. The van der Waals surface area contributed by atoms with Crippen LogP contribution in [0.1, 0.15) is 69.1 Å². The number of aromatic hydroxyl groups is 1. The Morgan fingerprint density at radius 3 is 2.20 bits per heavy atom. The maximum absolute atomic E-state index is 13.7. The number of benzene rings is 2. The van der Waals surface area contributed by atoms with E-state index in [9.17, 15) is 41.0 Å². The molecule has 2 heterocycles. The molecule has 0 aromatic heterocycles. The summed E-state index contributed by atoms with van der Waals surface area (Å²) in [5, 5.41) is 10.2. The van der Waals surface area contributed by atoms with Gasteiger partial charge in [-0.05, 0) is 61.9 Å². The first-order valence-corrected chi connectivity index (χ1v) is 14.7. The summed E-state index contributed by atoms with van der Waals surface area (Å²) in [7, 11) is 0. The number of hydrogen-bond acceptors (Lipinski definition) is 4. The SMILES string of the molecule is CCC/C(=C\c1ccccc1O)CC[C@H]1OC[C@H]2C1=C(CC)C[C@H]1C(=O)N(c3cc(C(F)(F)F)cc(C(F)(F)F)c3)C(=O)[C@H]12. The molecule has 2 aromatic rings. The molecule has 5 rings (SSSR count). The Morgan fingerprint density at radius 1 is 0.955 bits per heavy atom. The Hall–Kier alpha value is -3.60. The smallest absolute Gasteiger partial charge is 0.416 e. The fourth-order valence-corrected chi connectivity index (χ4v) is 6.87. The highest BCUT2D eigenvalue weighted by Crippen LogP contribution is 2.52. The molecule has 1 aliphatic carbocycles. The summed E-state index contributed by atoms with van der Waals surface area (Å²) >= 11 is 0. The number of alkyl halides is 6. The lowest BCUT2D eigenvalue weighted by Gasteiger charge is -2.31. The van der Waals surface area contributed by atoms with Crippen molar-refractivity contribution in [1.29, 1.82) is 0 Å². The predicted molar refractivity (Wildman–Crippen MR) is 151 cm³/mol. The van der Waals surface area contributed by atoms with Crippen LogP contribution >= 0.6 is 0 Å². The first-order chi connectivity index (χ1) is 20.7. The maximum atomic E-state index is 13.7. The number of para-hydroxylation sites is 1. The van der Waals surface area contributed by atoms with Crippen LogP contribution in [0, 0.1) is 17.8 Å². The zero-order valence-electron chi connectivity index (χ0n) is 24.3. The number of anilines is 1. The minimum absolute atomic E-state index is 0.0216. The van der Waals surface area contributed by atoms with Gasteiger partial charge in [0.1, 0.15) is 5.75 Å². The molecule has 1 N–H and O–H groups in total. The van der Waals surface area contributed by atoms with Crippen LogP contribution in [0.25, 0.3) is 6.08 Å². The van der Waals surface area contributed by atoms with Crippen LogP contribution in [0.15, 0.2) is 59.2 Å². The Kier molecular flexibility index (Phi) is 8.72. The Bertz CT molecular complexity index is 1480. The molecule has 236 valence electrons. The third-order valence-electron chi connectivity index (χ3n) is 8.86. The van der Waals surface area contributed by atoms with Crippen LogP contribution in [-0.2, 0) is 26.7 Å². The van der Waals surface area contributed by atoms with E-state index in [2.05, 4.69) is 6.92 Å². The number of phenols is 1. The molecule has 0 saturated carbocycles. The molecule has 2 saturated heterocycles. The summed E-state index contributed by atoms with van der Waals surface area (Å²) in [4.78, 5) is 27.8. The third kappa shape index (κ3) is 6.03. The molecule has 0 radical (unpaired) electrons. The van der Waals surface area contributed by atoms with Gasteiger partial charge in [0.05, 0.1) is 41.4 Å². The second kappa shape index (κ2) is 12.1. The quantitative estimate of drug-likeness (QED) is 0.183. The average Bonchev–Trinajstić information content (AvgIpc) is 3.49. The predicted octanol–water partition coefficient (Wildman–Crippen LogP) is 8.32. The number of rotatable bonds is 8. The number of phenolic OH excluding ortho intramolecular Hbond substituents is 1. The first kappa shape index (κ1) is 31.8. The van der Waals surface area contributed by atoms with Crippen molar-refractivity contribution in [3.63, 3.8) is 0 Å². The van der Waals surface area contributed by atoms with E-state index in [1.165, 1.54) is 0 Å². The van der Waals surface area contributed by atoms with Crippen LogP contribution < -0.4 is 4.90 Å². The molecular weight excluding hydrogens is 588 g/mol. The van der Waals surface area contributed by atoms with Crippen molar-refractivity contribution in [2.75, 3.05) is 11.5 Å². The van der Waals surface area contributed by atoms with Crippen molar-refractivity contribution in [3.8, 4) is 5.75 Å². The number of amides is 2. The van der Waals surface area contributed by atoms with Crippen molar-refractivity contribution in [2.45, 2.75) is 70.8 Å². The van der Waals surface area contributed by atoms with Gasteiger partial charge in [-0.15, -0.1) is 0 Å². The van der Waals surface area contributed by atoms with Crippen molar-refractivity contribution in [2.24, 2.45) is 17.8 Å². The molecule has 44 heavy (non-hydrogen) atoms. The van der Waals surface area contributed by atoms with E-state index in [4.69, 9.17) is 4.74 Å². The van der Waals surface area contributed by atoms with Gasteiger partial charge in [0.15, 0.2) is 0 Å². The lowest BCUT2D eigenvalue weighted by atomic mass is 9.69. The molecule has 4 atom stereocenters. The number of fused-ring (bicyclic) bond motifs is 3. The number of allylic oxidation sites excluding steroid dienone is 2. The van der Waals surface area contributed by atoms with Crippen molar-refractivity contribution in [1.82, 2.24) is 0 Å². The van der Waals surface area contributed by atoms with Gasteiger partial charge in [-0.25, -0.2) is 4.90 Å². The van der Waals surface area contributed by atoms with Crippen molar-refractivity contribution < 1.29 is 45.8 Å². The summed E-state index contributed by atoms with van der Waals surface area (Å²) in [5.41, 5.74) is -0.251. The molecule has 2 aromatic carbocycles. The minimum Gasteiger partial charge on any atom is -0.507 e. The van der Waals surface area contributed by atoms with Gasteiger partial charge in [0, 0.05) is 11.5 Å². The third-order valence-corrected chi connectivity index (χ3v) is 8.86. The molecule has 3 aliphatic rings. The van der Waals surface area contributed by atoms with Crippen molar-refractivity contribution >= 4 is 23.6 Å². The molecule has 0 spiro atoms. The highest BCUT2D eigenvalue weighted by Gasteiger charge is 2.57. The van der Waals surface area contributed by atoms with Gasteiger partial charge in [-0.3, -0.25) is 9.59 Å². The Balaban J connectivity index is 1.43. The minimum atomic E-state index is -5.12. The van der Waals surface area contributed by atoms with E-state index in [1.54, 1.807) is 12.1 Å². The summed E-state index contributed by atoms with van der Waals surface area (Å²) < 4.78 is 87.5. The molecule has 11 heteroatoms. The Morgan fingerprint density at radius 2 is 1.61 bits per heavy atom. The molecule has 0 unspecified atom stereocenters. The summed E-state index contributed by atoms with van der Waals surface area (Å²) in [6.07, 6.45) is -4.95. The number of imide groups is 1. The van der Waals surface area contributed by atoms with E-state index in [1.807, 2.05) is 25.1 Å². The molecule has 2 aliphatic heterocycles. The van der Waals surface area contributed by atoms with Crippen LogP contribution in [0.5, 0.6) is 5.75 Å². The molecular formula is C33H33F6NO4. The average molecular weight is 622 g/mol. The second-order valence-electron chi connectivity index (χ2n) is 11.6. The maximum Gasteiger partial charge on any atom is 0.416 e. The fraction of sp³-hybridized carbons (Fsp3) is 0.455. The molecule has 5 nitrogen and oxygen atoms in total. The topological polar surface area (TPSA) is 66.8 Å². The zero-order chi connectivity index (χ0) is 32.0. The van der Waals surface area contributed by atoms with Crippen LogP contribution in [0.3, 0.4) is 0 Å². The van der Waals surface area contributed by atoms with E-state index >= 15 is 0 Å². The second-order valence-corrected chi connectivity index (χ2v) is 11.6. The zero-order valence-corrected chi connectivity index (χ0v) is 24.3. The number of halogens is 6. The van der Waals surface area contributed by atoms with Gasteiger partial charge < -0.3 is 9.84 Å². The first-order valence-electron chi connectivity index (χ1n) is 14.7. The van der Waals surface area contributed by atoms with E-state index < -0.39 is 58.7 Å². The van der Waals surface area contributed by atoms with E-state index in [-0.39, 0.29) is 30.9 Å². The lowest BCUT2D eigenvalue weighted by molar-refractivity contribution is -0.143. The van der Waals surface area contributed by atoms with E-state index in [0.29, 0.717) is 41.9 Å². The van der Waals surface area contributed by atoms with Gasteiger partial charge >= 0.3 is 12.4 Å². The van der Waals surface area contributed by atoms with Crippen LogP contribution in [-0.4, -0.2) is 29.6 Å². The number of nitrogens with zero attached hydrogens (tertiary/aromatic N) is 1. The van der Waals surface area contributed by atoms with Gasteiger partial charge in [-0.1, -0.05) is 55.7 Å². The van der Waals surface area contributed by atoms with E-state index in [0.717, 1.165) is 29.6 Å². The van der Waals surface area contributed by atoms with Crippen molar-refractivity contribution in [3.05, 3.63) is 75.9 Å². The number of carbonyl (C=O) groups is 2. The molecule has 0 bridgehead atoms. The van der Waals surface area contributed by atoms with Crippen LogP contribution in [0.2, 0.25) is 0 Å². The Labute approximate surface area is 251 Å². The highest BCUT2D eigenvalue weighted by molar-refractivity contribution is 6.22. The van der Waals surface area contributed by atoms with Gasteiger partial charge in [-0.2, -0.15) is 26.3 Å². The number of hydrogen-bond donors (Lipinski definition) is 1. The van der Waals surface area contributed by atoms with Crippen LogP contribution in [0.4, 0.5) is 32.0 Å². The summed E-state index contributed by atoms with van der Waals surface area (Å²) in [6, 6.07) is 7.85. The van der Waals surface area contributed by atoms with Gasteiger partial charge in [0.25, 0.3) is 0 Å². The van der Waals surface area contributed by atoms with Gasteiger partial charge in [0.2, 0.25) is 11.8 Å². The highest BCUT2D eigenvalue weighted by atomic mass is 19.4. The number of ether oxygens (including phenoxy) is 1. The normalized spacial score (nSPS) is 24.3. The molecule has 2 amide bonds. The standard InChI is InChI=1S/C33H33F6NO4/c1-3-7-18(12-20-8-5-6-9-26(20)41)10-11-27-28-19(4-2)13-24-29(25(28)17-44-27)31(43)40(30(24)42)23-15-21(32(34,35)36)14-22(16-23)33(37,38)39/h5-6,8-9,12,14-16,24-25,27,29,41H,3-4,7,10-11,13,17H2,1-2H3/b18-12+/t24-,25+,27-,29-/m1/s1. The fourth-order valence-electron chi connectivity index (χ4n) is 6.87. The largest absolute Gasteiger partial charge is 0.507 e. The number of carbonyl (C=O) groups excluding carboxylic acids is 2. The molecule has 2 fully saturated rings.